The molecule has 1 heterocycles. The second-order valence-electron chi connectivity index (χ2n) is 4.70. The van der Waals surface area contributed by atoms with Gasteiger partial charge in [-0.1, -0.05) is 13.8 Å². The van der Waals surface area contributed by atoms with Gasteiger partial charge in [-0.15, -0.1) is 11.3 Å². The van der Waals surface area contributed by atoms with Gasteiger partial charge in [-0.05, 0) is 32.6 Å². The van der Waals surface area contributed by atoms with Crippen LogP contribution < -0.4 is 0 Å². The fourth-order valence-electron chi connectivity index (χ4n) is 2.56. The van der Waals surface area contributed by atoms with E-state index in [0.717, 1.165) is 35.6 Å². The van der Waals surface area contributed by atoms with Gasteiger partial charge < -0.3 is 4.74 Å². The minimum atomic E-state index is -0.295. The Morgan fingerprint density at radius 3 is 2.56 bits per heavy atom. The quantitative estimate of drug-likeness (QED) is 0.816. The molecule has 4 heteroatoms. The summed E-state index contributed by atoms with van der Waals surface area (Å²) in [7, 11) is 0. The lowest BCUT2D eigenvalue weighted by Crippen LogP contribution is -2.28. The third-order valence-electron chi connectivity index (χ3n) is 3.72. The average Bonchev–Trinajstić information content (AvgIpc) is 2.82. The first-order valence-electron chi connectivity index (χ1n) is 6.84. The third kappa shape index (κ3) is 2.24. The molecule has 0 fully saturated rings. The van der Waals surface area contributed by atoms with Gasteiger partial charge in [0.1, 0.15) is 16.3 Å². The fraction of sp³-hybridized carbons (Fsp3) is 0.714. The van der Waals surface area contributed by atoms with Crippen LogP contribution in [-0.2, 0) is 16.8 Å². The molecular formula is C14H21NO2S. The molecule has 1 aromatic rings. The zero-order valence-electron chi connectivity index (χ0n) is 11.4. The first-order valence-corrected chi connectivity index (χ1v) is 7.65. The molecule has 0 spiro atoms. The van der Waals surface area contributed by atoms with Crippen molar-refractivity contribution in [3.05, 3.63) is 15.6 Å². The molecule has 1 aliphatic carbocycles. The Bertz CT molecular complexity index is 435. The summed E-state index contributed by atoms with van der Waals surface area (Å²) in [5, 5.41) is 0.995. The smallest absolute Gasteiger partial charge is 0.182 e. The van der Waals surface area contributed by atoms with Crippen LogP contribution in [-0.4, -0.2) is 17.4 Å². The predicted molar refractivity (Wildman–Crippen MR) is 73.3 cm³/mol. The average molecular weight is 267 g/mol. The third-order valence-corrected chi connectivity index (χ3v) is 5.02. The zero-order valence-corrected chi connectivity index (χ0v) is 12.2. The number of aromatic nitrogens is 1. The molecule has 0 N–H and O–H groups in total. The highest BCUT2D eigenvalue weighted by Gasteiger charge is 2.35. The number of ketones is 1. The van der Waals surface area contributed by atoms with Crippen molar-refractivity contribution >= 4 is 17.1 Å². The second kappa shape index (κ2) is 5.49. The molecule has 1 aromatic heterocycles. The minimum absolute atomic E-state index is 0.205. The van der Waals surface area contributed by atoms with E-state index in [1.54, 1.807) is 11.3 Å². The van der Waals surface area contributed by atoms with E-state index < -0.39 is 0 Å². The maximum Gasteiger partial charge on any atom is 0.182 e. The van der Waals surface area contributed by atoms with Gasteiger partial charge >= 0.3 is 0 Å². The predicted octanol–water partition coefficient (Wildman–Crippen LogP) is 3.71. The van der Waals surface area contributed by atoms with Crippen molar-refractivity contribution in [3.63, 3.8) is 0 Å². The van der Waals surface area contributed by atoms with Gasteiger partial charge in [-0.3, -0.25) is 4.79 Å². The van der Waals surface area contributed by atoms with E-state index in [-0.39, 0.29) is 11.4 Å². The van der Waals surface area contributed by atoms with Gasteiger partial charge in [0, 0.05) is 17.9 Å². The van der Waals surface area contributed by atoms with Crippen LogP contribution in [0.25, 0.3) is 0 Å². The van der Waals surface area contributed by atoms with E-state index in [4.69, 9.17) is 4.74 Å². The van der Waals surface area contributed by atoms with E-state index in [1.165, 1.54) is 0 Å². The number of Topliss-reactive ketones (excluding diaryl/α,β-unsaturated/α-hetero) is 1. The molecule has 0 aromatic carbocycles. The monoisotopic (exact) mass is 267 g/mol. The topological polar surface area (TPSA) is 39.2 Å². The SMILES string of the molecule is CCOC(CC)(CC)c1nc2c(s1)CCCC2=O. The van der Waals surface area contributed by atoms with Gasteiger partial charge in [0.05, 0.1) is 0 Å². The molecule has 3 nitrogen and oxygen atoms in total. The van der Waals surface area contributed by atoms with Crippen molar-refractivity contribution in [2.75, 3.05) is 6.61 Å². The maximum atomic E-state index is 11.9. The summed E-state index contributed by atoms with van der Waals surface area (Å²) >= 11 is 1.68. The Hall–Kier alpha value is -0.740. The van der Waals surface area contributed by atoms with Crippen LogP contribution in [0.1, 0.15) is 66.8 Å². The summed E-state index contributed by atoms with van der Waals surface area (Å²) in [5.74, 6) is 0.205. The highest BCUT2D eigenvalue weighted by Crippen LogP contribution is 2.38. The first-order chi connectivity index (χ1) is 8.66. The van der Waals surface area contributed by atoms with E-state index in [0.29, 0.717) is 18.7 Å². The number of nitrogens with zero attached hydrogens (tertiary/aromatic N) is 1. The van der Waals surface area contributed by atoms with Crippen LogP contribution in [0.4, 0.5) is 0 Å². The molecule has 0 amide bonds. The largest absolute Gasteiger partial charge is 0.368 e. The Morgan fingerprint density at radius 1 is 1.28 bits per heavy atom. The van der Waals surface area contributed by atoms with Gasteiger partial charge in [0.25, 0.3) is 0 Å². The van der Waals surface area contributed by atoms with Crippen LogP contribution in [0.15, 0.2) is 0 Å². The summed E-state index contributed by atoms with van der Waals surface area (Å²) in [4.78, 5) is 17.6. The molecule has 0 bridgehead atoms. The lowest BCUT2D eigenvalue weighted by Gasteiger charge is -2.29. The number of carbonyl (C=O) groups is 1. The van der Waals surface area contributed by atoms with Crippen LogP contribution in [0, 0.1) is 0 Å². The lowest BCUT2D eigenvalue weighted by atomic mass is 9.97. The summed E-state index contributed by atoms with van der Waals surface area (Å²) in [6, 6.07) is 0. The Balaban J connectivity index is 2.40. The number of hydrogen-bond acceptors (Lipinski definition) is 4. The Labute approximate surface area is 113 Å². The van der Waals surface area contributed by atoms with Crippen molar-refractivity contribution in [2.24, 2.45) is 0 Å². The molecule has 2 rings (SSSR count). The fourth-order valence-corrected chi connectivity index (χ4v) is 3.96. The first kappa shape index (κ1) is 13.7. The number of carbonyl (C=O) groups excluding carboxylic acids is 1. The van der Waals surface area contributed by atoms with Crippen molar-refractivity contribution in [1.29, 1.82) is 0 Å². The van der Waals surface area contributed by atoms with Crippen LogP contribution in [0.3, 0.4) is 0 Å². The maximum absolute atomic E-state index is 11.9. The number of hydrogen-bond donors (Lipinski definition) is 0. The van der Waals surface area contributed by atoms with Crippen molar-refractivity contribution < 1.29 is 9.53 Å². The van der Waals surface area contributed by atoms with E-state index in [1.807, 2.05) is 6.92 Å². The molecule has 0 radical (unpaired) electrons. The summed E-state index contributed by atoms with van der Waals surface area (Å²) in [6.07, 6.45) is 4.41. The molecule has 100 valence electrons. The molecular weight excluding hydrogens is 246 g/mol. The highest BCUT2D eigenvalue weighted by atomic mass is 32.1. The van der Waals surface area contributed by atoms with Crippen molar-refractivity contribution in [3.8, 4) is 0 Å². The van der Waals surface area contributed by atoms with Gasteiger partial charge in [0.2, 0.25) is 0 Å². The minimum Gasteiger partial charge on any atom is -0.368 e. The zero-order chi connectivity index (χ0) is 13.2. The highest BCUT2D eigenvalue weighted by molar-refractivity contribution is 7.12. The lowest BCUT2D eigenvalue weighted by molar-refractivity contribution is -0.0506. The molecule has 0 saturated heterocycles. The Morgan fingerprint density at radius 2 is 2.00 bits per heavy atom. The van der Waals surface area contributed by atoms with Gasteiger partial charge in [-0.2, -0.15) is 0 Å². The second-order valence-corrected chi connectivity index (χ2v) is 5.79. The van der Waals surface area contributed by atoms with E-state index >= 15 is 0 Å². The van der Waals surface area contributed by atoms with E-state index in [2.05, 4.69) is 18.8 Å². The van der Waals surface area contributed by atoms with Crippen LogP contribution in [0.5, 0.6) is 0 Å². The summed E-state index contributed by atoms with van der Waals surface area (Å²) < 4.78 is 5.96. The van der Waals surface area contributed by atoms with Gasteiger partial charge in [0.15, 0.2) is 5.78 Å². The number of aryl methyl sites for hydroxylation is 1. The molecule has 0 saturated carbocycles. The standard InChI is InChI=1S/C14H21NO2S/c1-4-14(5-2,17-6-3)13-15-12-10(16)8-7-9-11(12)18-13/h4-9H2,1-3H3. The number of thiazole rings is 1. The van der Waals surface area contributed by atoms with Crippen molar-refractivity contribution in [1.82, 2.24) is 4.98 Å². The number of ether oxygens (including phenoxy) is 1. The molecule has 0 atom stereocenters. The van der Waals surface area contributed by atoms with Crippen LogP contribution in [0.2, 0.25) is 0 Å². The molecule has 0 unspecified atom stereocenters. The van der Waals surface area contributed by atoms with Crippen LogP contribution >= 0.6 is 11.3 Å². The summed E-state index contributed by atoms with van der Waals surface area (Å²) in [5.41, 5.74) is 0.420. The summed E-state index contributed by atoms with van der Waals surface area (Å²) in [6.45, 7) is 6.95. The molecule has 18 heavy (non-hydrogen) atoms. The van der Waals surface area contributed by atoms with Gasteiger partial charge in [-0.25, -0.2) is 4.98 Å². The van der Waals surface area contributed by atoms with Crippen molar-refractivity contribution in [2.45, 2.75) is 58.5 Å². The normalized spacial score (nSPS) is 15.8. The van der Waals surface area contributed by atoms with E-state index in [9.17, 15) is 4.79 Å². The Kier molecular flexibility index (Phi) is 4.17. The number of fused-ring (bicyclic) bond motifs is 1. The molecule has 0 aliphatic heterocycles. The molecule has 1 aliphatic rings. The number of rotatable bonds is 5.